The van der Waals surface area contributed by atoms with E-state index in [9.17, 15) is 0 Å². The van der Waals surface area contributed by atoms with Crippen LogP contribution in [0.5, 0.6) is 0 Å². The van der Waals surface area contributed by atoms with Crippen molar-refractivity contribution in [3.63, 3.8) is 0 Å². The maximum Gasteiger partial charge on any atom is 0.160 e. The summed E-state index contributed by atoms with van der Waals surface area (Å²) in [6.07, 6.45) is 3.54. The Morgan fingerprint density at radius 2 is 0.540 bits per heavy atom. The molecule has 1 aliphatic heterocycles. The van der Waals surface area contributed by atoms with Gasteiger partial charge in [0.2, 0.25) is 0 Å². The second-order valence-corrected chi connectivity index (χ2v) is 37.0. The van der Waals surface area contributed by atoms with Gasteiger partial charge in [-0.3, -0.25) is 9.97 Å². The highest BCUT2D eigenvalue weighted by Crippen LogP contribution is 2.54. The average Bonchev–Trinajstić information content (AvgIpc) is 1.58. The largest absolute Gasteiger partial charge is 0.455 e. The number of furan rings is 3. The van der Waals surface area contributed by atoms with Gasteiger partial charge < -0.3 is 23.5 Å². The van der Waals surface area contributed by atoms with Crippen LogP contribution in [0.3, 0.4) is 0 Å². The summed E-state index contributed by atoms with van der Waals surface area (Å²) in [7, 11) is 0. The van der Waals surface area contributed by atoms with Gasteiger partial charge in [0.15, 0.2) is 5.82 Å². The predicted molar refractivity (Wildman–Crippen MR) is 612 cm³/mol. The van der Waals surface area contributed by atoms with Crippen LogP contribution in [0.4, 0.5) is 17.1 Å². The second-order valence-electron chi connectivity index (χ2n) is 37.0. The van der Waals surface area contributed by atoms with Crippen LogP contribution in [0.15, 0.2) is 547 Å². The van der Waals surface area contributed by atoms with Crippen molar-refractivity contribution in [1.82, 2.24) is 39.9 Å². The smallest absolute Gasteiger partial charge is 0.160 e. The van der Waals surface area contributed by atoms with Crippen molar-refractivity contribution in [3.05, 3.63) is 540 Å². The molecule has 1 N–H and O–H groups in total. The number of fused-ring (bicyclic) bond motifs is 10. The van der Waals surface area contributed by atoms with Gasteiger partial charge in [0.05, 0.1) is 95.3 Å². The number of benzene rings is 17. The lowest BCUT2D eigenvalue weighted by atomic mass is 9.92. The lowest BCUT2D eigenvalue weighted by Gasteiger charge is -2.27. The van der Waals surface area contributed by atoms with Crippen molar-refractivity contribution in [2.24, 2.45) is 0 Å². The summed E-state index contributed by atoms with van der Waals surface area (Å²) in [5, 5.41) is 9.76. The molecule has 1 unspecified atom stereocenters. The predicted octanol–water partition coefficient (Wildman–Crippen LogP) is 35.9. The summed E-state index contributed by atoms with van der Waals surface area (Å²) in [6, 6.07) is 179. The van der Waals surface area contributed by atoms with E-state index in [0.29, 0.717) is 5.82 Å². The van der Waals surface area contributed by atoms with E-state index in [2.05, 4.69) is 384 Å². The van der Waals surface area contributed by atoms with Gasteiger partial charge in [0.25, 0.3) is 0 Å². The fourth-order valence-corrected chi connectivity index (χ4v) is 20.7. The molecule has 0 bridgehead atoms. The first kappa shape index (κ1) is 89.8. The molecular weight excluding hydrogens is 1830 g/mol. The lowest BCUT2D eigenvalue weighted by Crippen LogP contribution is -2.23. The minimum absolute atomic E-state index is 0.0472. The van der Waals surface area contributed by atoms with E-state index < -0.39 is 0 Å². The highest BCUT2D eigenvalue weighted by molar-refractivity contribution is 6.20. The van der Waals surface area contributed by atoms with Gasteiger partial charge in [-0.05, 0) is 160 Å². The monoisotopic (exact) mass is 1920 g/mol. The van der Waals surface area contributed by atoms with E-state index in [4.69, 9.17) is 43.2 Å². The SMILES string of the molecule is c1ccc(-c2cc(-c3cccc(-c4cccc(-c5c(-c6ccccc6)oc6c5c(-c5ccccc5)nc5ccccc56)c4)c3)nc(-c3ccccc3)n2)cc1.c1ccc(-c2oc3c(c(-c4ccccc4)nc4ccccc43)c2-c2ccc(-c3cc(-c4ccccn4)nc(-c4ccccn4)c3)cc2)cc1.c1ccc(-c2oc3c(c(-c4ccccc4)nc4ccccc43)c2-c2ccc(C3Nc4ccccc4N3c3ccccc3)cc2)cc1. The van der Waals surface area contributed by atoms with Crippen molar-refractivity contribution in [2.45, 2.75) is 6.17 Å². The van der Waals surface area contributed by atoms with E-state index in [0.717, 1.165) is 251 Å². The van der Waals surface area contributed by atoms with Crippen molar-refractivity contribution < 1.29 is 13.3 Å². The van der Waals surface area contributed by atoms with Gasteiger partial charge in [-0.15, -0.1) is 0 Å². The quantitative estimate of drug-likeness (QED) is 0.0866. The molecule has 0 fully saturated rings. The van der Waals surface area contributed by atoms with Gasteiger partial charge >= 0.3 is 0 Å². The molecule has 10 aromatic heterocycles. The Morgan fingerprint density at radius 3 is 0.973 bits per heavy atom. The van der Waals surface area contributed by atoms with Crippen LogP contribution in [-0.4, -0.2) is 39.9 Å². The summed E-state index contributed by atoms with van der Waals surface area (Å²) in [5.74, 6) is 3.17. The number of pyridine rings is 6. The molecule has 13 heteroatoms. The molecule has 150 heavy (non-hydrogen) atoms. The topological polar surface area (TPSA) is 158 Å². The Labute approximate surface area is 865 Å². The number of rotatable bonds is 18. The Morgan fingerprint density at radius 1 is 0.207 bits per heavy atom. The van der Waals surface area contributed by atoms with Crippen molar-refractivity contribution >= 4 is 82.7 Å². The van der Waals surface area contributed by atoms with E-state index in [1.807, 2.05) is 158 Å². The molecule has 17 aromatic carbocycles. The zero-order chi connectivity index (χ0) is 99.6. The van der Waals surface area contributed by atoms with Crippen LogP contribution in [-0.2, 0) is 0 Å². The molecule has 28 rings (SSSR count). The van der Waals surface area contributed by atoms with Crippen LogP contribution in [0.25, 0.3) is 246 Å². The van der Waals surface area contributed by atoms with Gasteiger partial charge in [-0.25, -0.2) is 29.9 Å². The first-order valence-corrected chi connectivity index (χ1v) is 50.3. The summed E-state index contributed by atoms with van der Waals surface area (Å²) in [4.78, 5) is 42.4. The Hall–Kier alpha value is -20.3. The molecule has 27 aromatic rings. The fourth-order valence-electron chi connectivity index (χ4n) is 20.7. The van der Waals surface area contributed by atoms with Gasteiger partial charge in [0, 0.05) is 101 Å². The molecule has 706 valence electrons. The lowest BCUT2D eigenvalue weighted by molar-refractivity contribution is 0.635. The zero-order valence-corrected chi connectivity index (χ0v) is 81.1. The number of hydrogen-bond donors (Lipinski definition) is 1. The molecule has 1 aliphatic rings. The van der Waals surface area contributed by atoms with Crippen molar-refractivity contribution in [3.8, 4) is 180 Å². The second kappa shape index (κ2) is 39.8. The third-order valence-electron chi connectivity index (χ3n) is 27.7. The van der Waals surface area contributed by atoms with E-state index in [-0.39, 0.29) is 6.17 Å². The third kappa shape index (κ3) is 17.4. The van der Waals surface area contributed by atoms with Crippen LogP contribution < -0.4 is 10.2 Å². The summed E-state index contributed by atoms with van der Waals surface area (Å²) >= 11 is 0. The molecule has 13 nitrogen and oxygen atoms in total. The molecule has 1 atom stereocenters. The van der Waals surface area contributed by atoms with Crippen molar-refractivity contribution in [1.29, 1.82) is 0 Å². The van der Waals surface area contributed by atoms with E-state index >= 15 is 0 Å². The molecule has 0 spiro atoms. The maximum atomic E-state index is 6.98. The summed E-state index contributed by atoms with van der Waals surface area (Å²) in [6.45, 7) is 0. The van der Waals surface area contributed by atoms with Crippen LogP contribution in [0.2, 0.25) is 0 Å². The van der Waals surface area contributed by atoms with E-state index in [1.54, 1.807) is 12.4 Å². The molecule has 0 aliphatic carbocycles. The van der Waals surface area contributed by atoms with Gasteiger partial charge in [-0.1, -0.05) is 406 Å². The Balaban J connectivity index is 0.000000114. The highest BCUT2D eigenvalue weighted by atomic mass is 16.3. The van der Waals surface area contributed by atoms with Gasteiger partial charge in [-0.2, -0.15) is 0 Å². The molecule has 11 heterocycles. The Kier molecular flexibility index (Phi) is 23.8. The minimum atomic E-state index is -0.0472. The van der Waals surface area contributed by atoms with Gasteiger partial charge in [0.1, 0.15) is 40.2 Å². The maximum absolute atomic E-state index is 6.98. The third-order valence-corrected chi connectivity index (χ3v) is 27.7. The fraction of sp³-hybridized carbons (Fsp3) is 0.00730. The Bertz CT molecular complexity index is 9500. The highest BCUT2D eigenvalue weighted by Gasteiger charge is 2.34. The number of anilines is 3. The number of aromatic nitrogens is 8. The molecular formula is C137H90N10O3. The number of para-hydroxylation sites is 6. The summed E-state index contributed by atoms with van der Waals surface area (Å²) < 4.78 is 20.8. The first-order valence-electron chi connectivity index (χ1n) is 50.3. The number of nitrogens with zero attached hydrogens (tertiary/aromatic N) is 9. The number of hydrogen-bond acceptors (Lipinski definition) is 13. The van der Waals surface area contributed by atoms with Crippen LogP contribution in [0, 0.1) is 0 Å². The molecule has 0 saturated carbocycles. The standard InChI is InChI=1S/C51H33N3O.C44H28N4O.C42H29N3O/c1-5-17-34(18-6-1)44-33-45(54-51(53-44)37-23-11-4-12-24-37)40-27-15-25-38(31-40)39-26-16-28-41(32-39)46-47-48(35-19-7-2-8-20-35)52-43-30-14-13-29-42(43)50(47)55-49(46)36-21-9-3-10-22-36;1-3-13-31(14-4-1)42-41-40(43(32-15-5-2-6-16-32)49-44(41)34-17-7-8-18-35(34)48-42)30-23-21-29(22-24-30)33-27-38(36-19-9-11-25-45-36)47-39(28-33)37-20-10-12-26-46-37;1-4-14-29(15-5-1)39-38-37(40(30-16-6-2-7-17-30)46-41(38)33-20-10-11-21-34(33)43-39)28-24-26-31(27-25-28)42-44-35-22-12-13-23-36(35)45(42)32-18-8-3-9-19-32/h1-33H;1-28H;1-27,42,44H. The minimum Gasteiger partial charge on any atom is -0.455 e. The van der Waals surface area contributed by atoms with Crippen LogP contribution in [0.1, 0.15) is 11.7 Å². The number of nitrogens with one attached hydrogen (secondary N) is 1. The van der Waals surface area contributed by atoms with Crippen molar-refractivity contribution in [2.75, 3.05) is 10.2 Å². The van der Waals surface area contributed by atoms with Crippen LogP contribution >= 0.6 is 0 Å². The van der Waals surface area contributed by atoms with E-state index in [1.165, 1.54) is 11.3 Å². The normalized spacial score (nSPS) is 12.1. The zero-order valence-electron chi connectivity index (χ0n) is 81.1. The molecule has 0 amide bonds. The summed E-state index contributed by atoms with van der Waals surface area (Å²) in [5.41, 5.74) is 37.2. The molecule has 0 radical (unpaired) electrons. The molecule has 0 saturated heterocycles. The average molecular weight is 1920 g/mol. The first-order chi connectivity index (χ1) is 74.4.